The van der Waals surface area contributed by atoms with Crippen LogP contribution in [-0.4, -0.2) is 30.4 Å². The molecule has 4 heteroatoms. The summed E-state index contributed by atoms with van der Waals surface area (Å²) in [6.45, 7) is 8.94. The van der Waals surface area contributed by atoms with Gasteiger partial charge >= 0.3 is 0 Å². The molecule has 1 aliphatic rings. The second-order valence-electron chi connectivity index (χ2n) is 5.68. The molecule has 17 heavy (non-hydrogen) atoms. The predicted molar refractivity (Wildman–Crippen MR) is 74.3 cm³/mol. The van der Waals surface area contributed by atoms with Gasteiger partial charge in [-0.3, -0.25) is 4.79 Å². The van der Waals surface area contributed by atoms with E-state index < -0.39 is 0 Å². The third kappa shape index (κ3) is 4.84. The zero-order chi connectivity index (χ0) is 12.2. The Morgan fingerprint density at radius 3 is 2.65 bits per heavy atom. The molecule has 2 atom stereocenters. The van der Waals surface area contributed by atoms with Crippen molar-refractivity contribution in [2.24, 2.45) is 17.1 Å². The minimum atomic E-state index is 0. The Labute approximate surface area is 112 Å². The van der Waals surface area contributed by atoms with Gasteiger partial charge in [-0.25, -0.2) is 0 Å². The third-order valence-electron chi connectivity index (χ3n) is 3.71. The molecule has 3 nitrogen and oxygen atoms in total. The van der Waals surface area contributed by atoms with E-state index in [1.54, 1.807) is 0 Å². The summed E-state index contributed by atoms with van der Waals surface area (Å²) in [5.74, 6) is 0.834. The highest BCUT2D eigenvalue weighted by molar-refractivity contribution is 5.85. The number of halogens is 1. The van der Waals surface area contributed by atoms with Crippen LogP contribution in [0, 0.1) is 11.3 Å². The van der Waals surface area contributed by atoms with Crippen LogP contribution in [-0.2, 0) is 4.79 Å². The van der Waals surface area contributed by atoms with Gasteiger partial charge < -0.3 is 10.6 Å². The monoisotopic (exact) mass is 262 g/mol. The van der Waals surface area contributed by atoms with E-state index in [4.69, 9.17) is 5.73 Å². The molecule has 0 aromatic carbocycles. The van der Waals surface area contributed by atoms with Crippen LogP contribution in [0.2, 0.25) is 0 Å². The molecule has 1 heterocycles. The first-order chi connectivity index (χ1) is 7.50. The maximum Gasteiger partial charge on any atom is 0.222 e. The van der Waals surface area contributed by atoms with Crippen LogP contribution in [0.15, 0.2) is 0 Å². The van der Waals surface area contributed by atoms with Crippen LogP contribution in [0.4, 0.5) is 0 Å². The van der Waals surface area contributed by atoms with Crippen LogP contribution >= 0.6 is 12.4 Å². The predicted octanol–water partition coefficient (Wildman–Crippen LogP) is 2.43. The normalized spacial score (nSPS) is 25.5. The number of nitrogens with zero attached hydrogens (tertiary/aromatic N) is 1. The van der Waals surface area contributed by atoms with Crippen molar-refractivity contribution in [1.29, 1.82) is 0 Å². The van der Waals surface area contributed by atoms with Gasteiger partial charge in [0.15, 0.2) is 0 Å². The molecular weight excluding hydrogens is 236 g/mol. The first kappa shape index (κ1) is 16.7. The van der Waals surface area contributed by atoms with E-state index in [0.717, 1.165) is 32.4 Å². The molecule has 2 N–H and O–H groups in total. The van der Waals surface area contributed by atoms with E-state index in [0.29, 0.717) is 24.8 Å². The van der Waals surface area contributed by atoms with Crippen LogP contribution in [0.1, 0.15) is 46.5 Å². The molecule has 1 aliphatic heterocycles. The summed E-state index contributed by atoms with van der Waals surface area (Å²) < 4.78 is 0. The van der Waals surface area contributed by atoms with Crippen LogP contribution in [0.5, 0.6) is 0 Å². The fourth-order valence-electron chi connectivity index (χ4n) is 2.43. The minimum absolute atomic E-state index is 0. The van der Waals surface area contributed by atoms with Gasteiger partial charge in [-0.2, -0.15) is 0 Å². The number of hydrogen-bond acceptors (Lipinski definition) is 2. The average molecular weight is 263 g/mol. The highest BCUT2D eigenvalue weighted by atomic mass is 35.5. The second kappa shape index (κ2) is 7.22. The maximum absolute atomic E-state index is 12.0. The van der Waals surface area contributed by atoms with Gasteiger partial charge in [-0.05, 0) is 24.3 Å². The lowest BCUT2D eigenvalue weighted by molar-refractivity contribution is -0.131. The zero-order valence-corrected chi connectivity index (χ0v) is 12.2. The Morgan fingerprint density at radius 1 is 1.53 bits per heavy atom. The zero-order valence-electron chi connectivity index (χ0n) is 11.4. The first-order valence-electron chi connectivity index (χ1n) is 6.48. The van der Waals surface area contributed by atoms with Gasteiger partial charge in [0.05, 0.1) is 0 Å². The molecule has 0 saturated carbocycles. The fraction of sp³-hybridized carbons (Fsp3) is 0.923. The molecule has 1 fully saturated rings. The lowest BCUT2D eigenvalue weighted by Crippen LogP contribution is -2.35. The Bertz CT molecular complexity index is 248. The van der Waals surface area contributed by atoms with Gasteiger partial charge in [-0.1, -0.05) is 33.6 Å². The molecule has 2 unspecified atom stereocenters. The van der Waals surface area contributed by atoms with Crippen molar-refractivity contribution in [1.82, 2.24) is 4.90 Å². The van der Waals surface area contributed by atoms with Crippen molar-refractivity contribution in [3.63, 3.8) is 0 Å². The first-order valence-corrected chi connectivity index (χ1v) is 6.48. The second-order valence-corrected chi connectivity index (χ2v) is 5.68. The van der Waals surface area contributed by atoms with Crippen molar-refractivity contribution in [2.45, 2.75) is 46.5 Å². The molecule has 0 radical (unpaired) electrons. The molecule has 1 rings (SSSR count). The molecule has 0 aromatic rings. The number of likely N-dealkylation sites (tertiary alicyclic amines) is 1. The van der Waals surface area contributed by atoms with E-state index in [-0.39, 0.29) is 17.8 Å². The lowest BCUT2D eigenvalue weighted by atomic mass is 9.90. The summed E-state index contributed by atoms with van der Waals surface area (Å²) in [4.78, 5) is 14.0. The molecule has 1 amide bonds. The molecule has 0 aliphatic carbocycles. The van der Waals surface area contributed by atoms with Gasteiger partial charge in [-0.15, -0.1) is 12.4 Å². The van der Waals surface area contributed by atoms with Crippen molar-refractivity contribution < 1.29 is 4.79 Å². The van der Waals surface area contributed by atoms with Crippen molar-refractivity contribution in [3.05, 3.63) is 0 Å². The van der Waals surface area contributed by atoms with E-state index in [2.05, 4.69) is 20.8 Å². The average Bonchev–Trinajstić information content (AvgIpc) is 2.62. The van der Waals surface area contributed by atoms with Crippen molar-refractivity contribution in [2.75, 3.05) is 19.6 Å². The molecular formula is C13H27ClN2O. The van der Waals surface area contributed by atoms with Gasteiger partial charge in [0.25, 0.3) is 0 Å². The quantitative estimate of drug-likeness (QED) is 0.827. The Morgan fingerprint density at radius 2 is 2.18 bits per heavy atom. The summed E-state index contributed by atoms with van der Waals surface area (Å²) in [6, 6.07) is 0. The Hall–Kier alpha value is -0.280. The molecule has 0 aromatic heterocycles. The number of carbonyl (C=O) groups is 1. The topological polar surface area (TPSA) is 46.3 Å². The highest BCUT2D eigenvalue weighted by Gasteiger charge is 2.34. The van der Waals surface area contributed by atoms with E-state index in [9.17, 15) is 4.79 Å². The van der Waals surface area contributed by atoms with Gasteiger partial charge in [0.1, 0.15) is 0 Å². The van der Waals surface area contributed by atoms with Crippen LogP contribution in [0.25, 0.3) is 0 Å². The lowest BCUT2D eigenvalue weighted by Gasteiger charge is -2.23. The molecule has 0 spiro atoms. The van der Waals surface area contributed by atoms with Gasteiger partial charge in [0.2, 0.25) is 5.91 Å². The SMILES string of the molecule is CCCC(C)CC(=O)N1CCC(C)(CN)C1.Cl. The van der Waals surface area contributed by atoms with Crippen molar-refractivity contribution in [3.8, 4) is 0 Å². The largest absolute Gasteiger partial charge is 0.342 e. The number of carbonyl (C=O) groups excluding carboxylic acids is 1. The summed E-state index contributed by atoms with van der Waals surface area (Å²) in [5.41, 5.74) is 5.90. The van der Waals surface area contributed by atoms with Crippen LogP contribution < -0.4 is 5.73 Å². The van der Waals surface area contributed by atoms with Gasteiger partial charge in [0, 0.05) is 19.5 Å². The molecule has 1 saturated heterocycles. The standard InChI is InChI=1S/C13H26N2O.ClH/c1-4-5-11(2)8-12(16)15-7-6-13(3,9-14)10-15;/h11H,4-10,14H2,1-3H3;1H. The van der Waals surface area contributed by atoms with E-state index in [1.165, 1.54) is 0 Å². The summed E-state index contributed by atoms with van der Waals surface area (Å²) in [7, 11) is 0. The highest BCUT2D eigenvalue weighted by Crippen LogP contribution is 2.29. The third-order valence-corrected chi connectivity index (χ3v) is 3.71. The minimum Gasteiger partial charge on any atom is -0.342 e. The number of rotatable bonds is 5. The van der Waals surface area contributed by atoms with Crippen LogP contribution in [0.3, 0.4) is 0 Å². The number of hydrogen-bond donors (Lipinski definition) is 1. The number of nitrogens with two attached hydrogens (primary N) is 1. The van der Waals surface area contributed by atoms with E-state index >= 15 is 0 Å². The Kier molecular flexibility index (Phi) is 7.10. The molecule has 102 valence electrons. The smallest absolute Gasteiger partial charge is 0.222 e. The summed E-state index contributed by atoms with van der Waals surface area (Å²) in [5, 5.41) is 0. The van der Waals surface area contributed by atoms with E-state index in [1.807, 2.05) is 4.90 Å². The molecule has 0 bridgehead atoms. The maximum atomic E-state index is 12.0. The summed E-state index contributed by atoms with van der Waals surface area (Å²) in [6.07, 6.45) is 4.06. The number of amides is 1. The summed E-state index contributed by atoms with van der Waals surface area (Å²) >= 11 is 0. The fourth-order valence-corrected chi connectivity index (χ4v) is 2.43. The Balaban J connectivity index is 0.00000256. The van der Waals surface area contributed by atoms with Crippen molar-refractivity contribution >= 4 is 18.3 Å².